The van der Waals surface area contributed by atoms with Crippen LogP contribution in [0.25, 0.3) is 0 Å². The first kappa shape index (κ1) is 15.1. The van der Waals surface area contributed by atoms with Crippen LogP contribution in [0.1, 0.15) is 10.4 Å². The van der Waals surface area contributed by atoms with Crippen molar-refractivity contribution in [2.24, 2.45) is 0 Å². The maximum atomic E-state index is 13.6. The fourth-order valence-electron chi connectivity index (χ4n) is 1.65. The summed E-state index contributed by atoms with van der Waals surface area (Å²) in [5, 5.41) is -0.0286. The molecule has 4 nitrogen and oxygen atoms in total. The van der Waals surface area contributed by atoms with Crippen LogP contribution in [-0.4, -0.2) is 13.1 Å². The summed E-state index contributed by atoms with van der Waals surface area (Å²) < 4.78 is 36.6. The van der Waals surface area contributed by atoms with Gasteiger partial charge in [-0.2, -0.15) is 4.39 Å². The first-order valence-electron chi connectivity index (χ1n) is 5.73. The van der Waals surface area contributed by atoms with E-state index >= 15 is 0 Å². The third kappa shape index (κ3) is 3.05. The molecule has 0 aromatic heterocycles. The number of rotatable bonds is 3. The topological polar surface area (TPSA) is 61.5 Å². The second-order valence-electron chi connectivity index (χ2n) is 4.03. The lowest BCUT2D eigenvalue weighted by molar-refractivity contribution is 0.0598. The van der Waals surface area contributed by atoms with Gasteiger partial charge in [-0.15, -0.1) is 0 Å². The molecule has 0 amide bonds. The monoisotopic (exact) mass is 313 g/mol. The summed E-state index contributed by atoms with van der Waals surface area (Å²) in [5.74, 6) is -3.62. The summed E-state index contributed by atoms with van der Waals surface area (Å²) in [6.07, 6.45) is 0. The first-order valence-corrected chi connectivity index (χ1v) is 6.11. The number of benzene rings is 2. The Morgan fingerprint density at radius 2 is 2.00 bits per heavy atom. The van der Waals surface area contributed by atoms with Gasteiger partial charge in [0.1, 0.15) is 5.56 Å². The van der Waals surface area contributed by atoms with Gasteiger partial charge in [-0.1, -0.05) is 17.7 Å². The number of carbonyl (C=O) groups is 1. The summed E-state index contributed by atoms with van der Waals surface area (Å²) in [5.41, 5.74) is 5.70. The Hall–Kier alpha value is -2.34. The standard InChI is InChI=1S/C14H10ClF2NO3/c1-20-14(19)8-5-7(18)6-9(15)13(8)21-11-4-2-3-10(16)12(11)17/h2-6H,18H2,1H3. The van der Waals surface area contributed by atoms with E-state index < -0.39 is 23.4 Å². The highest BCUT2D eigenvalue weighted by molar-refractivity contribution is 6.33. The Bertz CT molecular complexity index is 707. The van der Waals surface area contributed by atoms with Crippen LogP contribution in [0.15, 0.2) is 30.3 Å². The van der Waals surface area contributed by atoms with Crippen LogP contribution in [0.4, 0.5) is 14.5 Å². The van der Waals surface area contributed by atoms with Gasteiger partial charge in [0.25, 0.3) is 0 Å². The van der Waals surface area contributed by atoms with Gasteiger partial charge in [-0.25, -0.2) is 9.18 Å². The highest BCUT2D eigenvalue weighted by Crippen LogP contribution is 2.36. The molecule has 0 saturated heterocycles. The molecule has 0 aliphatic heterocycles. The van der Waals surface area contributed by atoms with Crippen LogP contribution < -0.4 is 10.5 Å². The van der Waals surface area contributed by atoms with Crippen molar-refractivity contribution in [1.82, 2.24) is 0 Å². The molecule has 0 aliphatic rings. The van der Waals surface area contributed by atoms with Crippen molar-refractivity contribution < 1.29 is 23.0 Å². The molecule has 0 bridgehead atoms. The van der Waals surface area contributed by atoms with Gasteiger partial charge in [0, 0.05) is 5.69 Å². The smallest absolute Gasteiger partial charge is 0.341 e. The highest BCUT2D eigenvalue weighted by Gasteiger charge is 2.20. The van der Waals surface area contributed by atoms with Crippen molar-refractivity contribution in [3.05, 3.63) is 52.6 Å². The highest BCUT2D eigenvalue weighted by atomic mass is 35.5. The van der Waals surface area contributed by atoms with Gasteiger partial charge in [0.2, 0.25) is 5.82 Å². The van der Waals surface area contributed by atoms with E-state index in [1.165, 1.54) is 24.3 Å². The Kier molecular flexibility index (Phi) is 4.28. The molecule has 21 heavy (non-hydrogen) atoms. The van der Waals surface area contributed by atoms with Gasteiger partial charge >= 0.3 is 5.97 Å². The van der Waals surface area contributed by atoms with Crippen LogP contribution in [0.2, 0.25) is 5.02 Å². The number of ether oxygens (including phenoxy) is 2. The number of nitrogens with two attached hydrogens (primary N) is 1. The van der Waals surface area contributed by atoms with Crippen molar-refractivity contribution in [2.45, 2.75) is 0 Å². The molecule has 0 heterocycles. The van der Waals surface area contributed by atoms with E-state index in [1.807, 2.05) is 0 Å². The lowest BCUT2D eigenvalue weighted by atomic mass is 10.1. The molecule has 110 valence electrons. The third-order valence-corrected chi connectivity index (χ3v) is 2.88. The lowest BCUT2D eigenvalue weighted by Crippen LogP contribution is -2.06. The number of hydrogen-bond donors (Lipinski definition) is 1. The summed E-state index contributed by atoms with van der Waals surface area (Å²) in [4.78, 5) is 11.7. The predicted molar refractivity (Wildman–Crippen MR) is 73.6 cm³/mol. The second kappa shape index (κ2) is 5.97. The van der Waals surface area contributed by atoms with E-state index in [2.05, 4.69) is 4.74 Å². The molecular weight excluding hydrogens is 304 g/mol. The number of carbonyl (C=O) groups excluding carboxylic acids is 1. The Morgan fingerprint density at radius 3 is 2.67 bits per heavy atom. The largest absolute Gasteiger partial charge is 0.465 e. The average Bonchev–Trinajstić information content (AvgIpc) is 2.45. The summed E-state index contributed by atoms with van der Waals surface area (Å²) in [6.45, 7) is 0. The zero-order chi connectivity index (χ0) is 15.6. The zero-order valence-corrected chi connectivity index (χ0v) is 11.6. The Balaban J connectivity index is 2.53. The molecule has 0 radical (unpaired) electrons. The molecule has 2 rings (SSSR count). The molecule has 2 aromatic rings. The summed E-state index contributed by atoms with van der Waals surface area (Å²) in [6, 6.07) is 5.99. The minimum absolute atomic E-state index is 0.0286. The summed E-state index contributed by atoms with van der Waals surface area (Å²) in [7, 11) is 1.16. The van der Waals surface area contributed by atoms with Crippen LogP contribution >= 0.6 is 11.6 Å². The number of nitrogen functional groups attached to an aromatic ring is 1. The third-order valence-electron chi connectivity index (χ3n) is 2.60. The quantitative estimate of drug-likeness (QED) is 0.692. The van der Waals surface area contributed by atoms with Crippen molar-refractivity contribution in [2.75, 3.05) is 12.8 Å². The minimum atomic E-state index is -1.19. The number of methoxy groups -OCH3 is 1. The molecule has 7 heteroatoms. The van der Waals surface area contributed by atoms with Crippen molar-refractivity contribution in [3.63, 3.8) is 0 Å². The fourth-order valence-corrected chi connectivity index (χ4v) is 1.92. The Morgan fingerprint density at radius 1 is 1.29 bits per heavy atom. The maximum Gasteiger partial charge on any atom is 0.341 e. The van der Waals surface area contributed by atoms with Crippen molar-refractivity contribution in [1.29, 1.82) is 0 Å². The molecule has 0 unspecified atom stereocenters. The molecule has 0 aliphatic carbocycles. The van der Waals surface area contributed by atoms with Crippen LogP contribution in [0.5, 0.6) is 11.5 Å². The van der Waals surface area contributed by atoms with Gasteiger partial charge in [0.05, 0.1) is 12.1 Å². The van der Waals surface area contributed by atoms with Crippen molar-refractivity contribution >= 4 is 23.3 Å². The predicted octanol–water partition coefficient (Wildman–Crippen LogP) is 3.78. The van der Waals surface area contributed by atoms with E-state index in [0.717, 1.165) is 13.2 Å². The van der Waals surface area contributed by atoms with E-state index in [-0.39, 0.29) is 22.0 Å². The molecular formula is C14H10ClF2NO3. The molecule has 0 atom stereocenters. The fraction of sp³-hybridized carbons (Fsp3) is 0.0714. The number of anilines is 1. The average molecular weight is 314 g/mol. The number of hydrogen-bond acceptors (Lipinski definition) is 4. The van der Waals surface area contributed by atoms with E-state index in [1.54, 1.807) is 0 Å². The Labute approximate surface area is 124 Å². The van der Waals surface area contributed by atoms with Gasteiger partial charge in [-0.05, 0) is 24.3 Å². The first-order chi connectivity index (χ1) is 9.93. The maximum absolute atomic E-state index is 13.6. The molecule has 2 aromatic carbocycles. The molecule has 0 saturated carbocycles. The van der Waals surface area contributed by atoms with Crippen LogP contribution in [0, 0.1) is 11.6 Å². The van der Waals surface area contributed by atoms with Gasteiger partial charge in [0.15, 0.2) is 17.3 Å². The van der Waals surface area contributed by atoms with Crippen LogP contribution in [0.3, 0.4) is 0 Å². The van der Waals surface area contributed by atoms with Crippen LogP contribution in [-0.2, 0) is 4.74 Å². The number of halogens is 3. The molecule has 0 fully saturated rings. The number of esters is 1. The normalized spacial score (nSPS) is 10.3. The molecule has 0 spiro atoms. The van der Waals surface area contributed by atoms with Gasteiger partial charge < -0.3 is 15.2 Å². The lowest BCUT2D eigenvalue weighted by Gasteiger charge is -2.13. The van der Waals surface area contributed by atoms with Gasteiger partial charge in [-0.3, -0.25) is 0 Å². The SMILES string of the molecule is COC(=O)c1cc(N)cc(Cl)c1Oc1cccc(F)c1F. The molecule has 2 N–H and O–H groups in total. The second-order valence-corrected chi connectivity index (χ2v) is 4.43. The van der Waals surface area contributed by atoms with E-state index in [0.29, 0.717) is 0 Å². The zero-order valence-electron chi connectivity index (χ0n) is 10.8. The minimum Gasteiger partial charge on any atom is -0.465 e. The van der Waals surface area contributed by atoms with E-state index in [4.69, 9.17) is 22.1 Å². The summed E-state index contributed by atoms with van der Waals surface area (Å²) >= 11 is 5.95. The van der Waals surface area contributed by atoms with Crippen molar-refractivity contribution in [3.8, 4) is 11.5 Å². The van der Waals surface area contributed by atoms with E-state index in [9.17, 15) is 13.6 Å².